The Hall–Kier alpha value is -0.990. The fraction of sp³-hybridized carbons (Fsp3) is 0.417. The number of carboxylic acid groups (broad SMARTS) is 1. The van der Waals surface area contributed by atoms with Crippen molar-refractivity contribution < 1.29 is 22.7 Å². The van der Waals surface area contributed by atoms with Crippen molar-refractivity contribution in [2.75, 3.05) is 0 Å². The zero-order chi connectivity index (χ0) is 15.3. The fourth-order valence-electron chi connectivity index (χ4n) is 1.57. The van der Waals surface area contributed by atoms with Gasteiger partial charge in [-0.2, -0.15) is 4.72 Å². The lowest BCUT2D eigenvalue weighted by Crippen LogP contribution is -2.40. The van der Waals surface area contributed by atoms with Crippen molar-refractivity contribution in [3.8, 4) is 0 Å². The number of aliphatic carboxylic acids is 1. The molecule has 0 aliphatic rings. The van der Waals surface area contributed by atoms with Gasteiger partial charge in [-0.3, -0.25) is 4.79 Å². The number of carboxylic acids is 1. The number of unbranched alkanes of at least 4 members (excludes halogenated alkanes) is 1. The largest absolute Gasteiger partial charge is 0.480 e. The van der Waals surface area contributed by atoms with Crippen LogP contribution in [0.25, 0.3) is 0 Å². The molecule has 0 radical (unpaired) electrons. The summed E-state index contributed by atoms with van der Waals surface area (Å²) in [6.07, 6.45) is 1.44. The molecule has 0 saturated heterocycles. The lowest BCUT2D eigenvalue weighted by Gasteiger charge is -2.15. The SMILES string of the molecule is CCCC[C@H](NS(=O)(=O)c1cc(Br)ccc1F)C(=O)O. The molecule has 0 fully saturated rings. The third-order valence-corrected chi connectivity index (χ3v) is 4.60. The van der Waals surface area contributed by atoms with Crippen LogP contribution in [0, 0.1) is 5.82 Å². The molecule has 1 aromatic rings. The maximum atomic E-state index is 13.6. The van der Waals surface area contributed by atoms with Crippen LogP contribution in [0.4, 0.5) is 4.39 Å². The Labute approximate surface area is 125 Å². The van der Waals surface area contributed by atoms with E-state index in [1.165, 1.54) is 6.07 Å². The molecular formula is C12H15BrFNO4S. The van der Waals surface area contributed by atoms with Gasteiger partial charge >= 0.3 is 5.97 Å². The minimum atomic E-state index is -4.22. The molecule has 20 heavy (non-hydrogen) atoms. The van der Waals surface area contributed by atoms with E-state index in [1.807, 2.05) is 11.6 Å². The van der Waals surface area contributed by atoms with Crippen LogP contribution in [0.3, 0.4) is 0 Å². The van der Waals surface area contributed by atoms with Crippen LogP contribution in [0.15, 0.2) is 27.6 Å². The number of rotatable bonds is 7. The normalized spacial score (nSPS) is 13.2. The van der Waals surface area contributed by atoms with Gasteiger partial charge in [0.2, 0.25) is 10.0 Å². The number of sulfonamides is 1. The number of nitrogens with one attached hydrogen (secondary N) is 1. The Bertz CT molecular complexity index is 591. The molecule has 1 atom stereocenters. The quantitative estimate of drug-likeness (QED) is 0.775. The first-order valence-corrected chi connectivity index (χ1v) is 8.25. The van der Waals surface area contributed by atoms with E-state index in [0.717, 1.165) is 18.6 Å². The molecule has 0 aliphatic heterocycles. The average Bonchev–Trinajstić information content (AvgIpc) is 2.36. The van der Waals surface area contributed by atoms with Crippen molar-refractivity contribution in [1.29, 1.82) is 0 Å². The second-order valence-electron chi connectivity index (χ2n) is 4.23. The van der Waals surface area contributed by atoms with Gasteiger partial charge in [0.15, 0.2) is 0 Å². The van der Waals surface area contributed by atoms with Crippen LogP contribution in [-0.2, 0) is 14.8 Å². The van der Waals surface area contributed by atoms with E-state index in [4.69, 9.17) is 5.11 Å². The minimum absolute atomic E-state index is 0.153. The molecule has 5 nitrogen and oxygen atoms in total. The minimum Gasteiger partial charge on any atom is -0.480 e. The van der Waals surface area contributed by atoms with Gasteiger partial charge in [0, 0.05) is 4.47 Å². The number of hydrogen-bond donors (Lipinski definition) is 2. The summed E-state index contributed by atoms with van der Waals surface area (Å²) >= 11 is 3.05. The first-order valence-electron chi connectivity index (χ1n) is 5.98. The molecule has 0 spiro atoms. The Morgan fingerprint density at radius 2 is 2.15 bits per heavy atom. The van der Waals surface area contributed by atoms with Gasteiger partial charge in [-0.25, -0.2) is 12.8 Å². The third kappa shape index (κ3) is 4.53. The molecule has 0 aliphatic carbocycles. The summed E-state index contributed by atoms with van der Waals surface area (Å²) in [7, 11) is -4.22. The van der Waals surface area contributed by atoms with Gasteiger partial charge in [-0.05, 0) is 24.6 Å². The van der Waals surface area contributed by atoms with E-state index >= 15 is 0 Å². The van der Waals surface area contributed by atoms with Gasteiger partial charge < -0.3 is 5.11 Å². The molecule has 0 aromatic heterocycles. The number of halogens is 2. The van der Waals surface area contributed by atoms with E-state index in [9.17, 15) is 17.6 Å². The third-order valence-electron chi connectivity index (χ3n) is 2.62. The Kier molecular flexibility index (Phi) is 6.09. The molecule has 0 amide bonds. The second kappa shape index (κ2) is 7.14. The van der Waals surface area contributed by atoms with Crippen molar-refractivity contribution in [3.63, 3.8) is 0 Å². The summed E-state index contributed by atoms with van der Waals surface area (Å²) in [5.41, 5.74) is 0. The van der Waals surface area contributed by atoms with Crippen LogP contribution < -0.4 is 4.72 Å². The van der Waals surface area contributed by atoms with Gasteiger partial charge in [-0.15, -0.1) is 0 Å². The number of benzene rings is 1. The molecule has 112 valence electrons. The maximum Gasteiger partial charge on any atom is 0.321 e. The highest BCUT2D eigenvalue weighted by Gasteiger charge is 2.27. The summed E-state index contributed by atoms with van der Waals surface area (Å²) in [6.45, 7) is 1.86. The molecule has 0 heterocycles. The Morgan fingerprint density at radius 3 is 2.70 bits per heavy atom. The van der Waals surface area contributed by atoms with Gasteiger partial charge in [0.1, 0.15) is 16.8 Å². The smallest absolute Gasteiger partial charge is 0.321 e. The molecule has 1 aromatic carbocycles. The van der Waals surface area contributed by atoms with Crippen molar-refractivity contribution in [3.05, 3.63) is 28.5 Å². The number of carbonyl (C=O) groups is 1. The molecular weight excluding hydrogens is 353 g/mol. The topological polar surface area (TPSA) is 83.5 Å². The van der Waals surface area contributed by atoms with Crippen LogP contribution >= 0.6 is 15.9 Å². The van der Waals surface area contributed by atoms with Crippen molar-refractivity contribution in [1.82, 2.24) is 4.72 Å². The Balaban J connectivity index is 3.03. The highest BCUT2D eigenvalue weighted by molar-refractivity contribution is 9.10. The van der Waals surface area contributed by atoms with Crippen molar-refractivity contribution in [2.24, 2.45) is 0 Å². The first-order chi connectivity index (χ1) is 9.27. The molecule has 0 unspecified atom stereocenters. The van der Waals surface area contributed by atoms with E-state index in [-0.39, 0.29) is 6.42 Å². The average molecular weight is 368 g/mol. The summed E-state index contributed by atoms with van der Waals surface area (Å²) in [5.74, 6) is -2.21. The molecule has 0 bridgehead atoms. The summed E-state index contributed by atoms with van der Waals surface area (Å²) in [5, 5.41) is 9.00. The van der Waals surface area contributed by atoms with Crippen molar-refractivity contribution >= 4 is 31.9 Å². The van der Waals surface area contributed by atoms with Gasteiger partial charge in [0.05, 0.1) is 0 Å². The second-order valence-corrected chi connectivity index (χ2v) is 6.83. The predicted octanol–water partition coefficient (Wildman–Crippen LogP) is 2.51. The van der Waals surface area contributed by atoms with Gasteiger partial charge in [0.25, 0.3) is 0 Å². The van der Waals surface area contributed by atoms with Crippen LogP contribution in [0.5, 0.6) is 0 Å². The van der Waals surface area contributed by atoms with E-state index < -0.39 is 32.7 Å². The predicted molar refractivity (Wildman–Crippen MR) is 75.4 cm³/mol. The van der Waals surface area contributed by atoms with Crippen LogP contribution in [-0.4, -0.2) is 25.5 Å². The molecule has 2 N–H and O–H groups in total. The zero-order valence-corrected chi connectivity index (χ0v) is 13.2. The fourth-order valence-corrected chi connectivity index (χ4v) is 3.41. The number of hydrogen-bond acceptors (Lipinski definition) is 3. The van der Waals surface area contributed by atoms with Crippen LogP contribution in [0.1, 0.15) is 26.2 Å². The highest BCUT2D eigenvalue weighted by Crippen LogP contribution is 2.20. The monoisotopic (exact) mass is 367 g/mol. The van der Waals surface area contributed by atoms with E-state index in [2.05, 4.69) is 15.9 Å². The van der Waals surface area contributed by atoms with E-state index in [1.54, 1.807) is 0 Å². The van der Waals surface area contributed by atoms with Gasteiger partial charge in [-0.1, -0.05) is 35.7 Å². The molecule has 8 heteroatoms. The summed E-state index contributed by atoms with van der Waals surface area (Å²) < 4.78 is 40.1. The lowest BCUT2D eigenvalue weighted by atomic mass is 10.1. The zero-order valence-electron chi connectivity index (χ0n) is 10.8. The summed E-state index contributed by atoms with van der Waals surface area (Å²) in [6, 6.07) is 2.19. The highest BCUT2D eigenvalue weighted by atomic mass is 79.9. The summed E-state index contributed by atoms with van der Waals surface area (Å²) in [4.78, 5) is 10.5. The van der Waals surface area contributed by atoms with E-state index in [0.29, 0.717) is 10.9 Å². The van der Waals surface area contributed by atoms with Crippen molar-refractivity contribution in [2.45, 2.75) is 37.1 Å². The van der Waals surface area contributed by atoms with Crippen LogP contribution in [0.2, 0.25) is 0 Å². The first kappa shape index (κ1) is 17.1. The lowest BCUT2D eigenvalue weighted by molar-refractivity contribution is -0.139. The Morgan fingerprint density at radius 1 is 1.50 bits per heavy atom. The molecule has 0 saturated carbocycles. The standard InChI is InChI=1S/C12H15BrFNO4S/c1-2-3-4-10(12(16)17)15-20(18,19)11-7-8(13)5-6-9(11)14/h5-7,10,15H,2-4H2,1H3,(H,16,17)/t10-/m0/s1. The maximum absolute atomic E-state index is 13.6. The molecule has 1 rings (SSSR count).